The molecule has 8 atom stereocenters. The number of amides is 10. The van der Waals surface area contributed by atoms with Gasteiger partial charge in [0.2, 0.25) is 58.7 Å². The smallest absolute Gasteiger partial charge is 0.305 e. The van der Waals surface area contributed by atoms with Crippen LogP contribution in [0.25, 0.3) is 0 Å². The lowest BCUT2D eigenvalue weighted by Crippen LogP contribution is -2.71. The first-order valence-electron chi connectivity index (χ1n) is 29.6. The number of aliphatic carboxylic acids is 1. The van der Waals surface area contributed by atoms with Gasteiger partial charge in [0.15, 0.2) is 23.5 Å². The van der Waals surface area contributed by atoms with E-state index >= 15 is 0 Å². The number of ketones is 2. The van der Waals surface area contributed by atoms with Crippen LogP contribution in [-0.2, 0) is 75.2 Å². The maximum atomic E-state index is 14.7. The summed E-state index contributed by atoms with van der Waals surface area (Å²) in [4.78, 5) is 179. The summed E-state index contributed by atoms with van der Waals surface area (Å²) in [5.74, 6) is -16.7. The van der Waals surface area contributed by atoms with Crippen molar-refractivity contribution in [3.05, 3.63) is 59.7 Å². The zero-order valence-electron chi connectivity index (χ0n) is 51.8. The first-order valence-corrected chi connectivity index (χ1v) is 29.6. The number of hydrogen-bond acceptors (Lipinski definition) is 19. The molecule has 1 aliphatic rings. The fourth-order valence-corrected chi connectivity index (χ4v) is 9.53. The largest absolute Gasteiger partial charge is 0.508 e. The standard InChI is InChI=1S/C58H87N17O17/c1-29(2)23-37(69-53(90)40(26-45(82)83)71-52(89)39(25-32-15-19-34(78)20-16-32)73-55(92)58(75-44(81)27-64-5)42(79)11-6-12-43(58)80)50(87)70-38(24-31-13-17-33(77)18-14-31)51(88)67-36(10-8-22-66-57(62)63)49(86)74-46(30(3)4)54(91)68-35(9-7-21-65-56(60)61)48(85)72-41(28-76)47(59)84/h13-20,29-30,35-41,46,64,76-78H,6-12,21-28H2,1-5H3,(H2,59,84)(H,67,88)(H,68,91)(H,69,90)(H,70,87)(H,71,89)(H,72,85)(H,73,92)(H,74,86)(H,75,81)(H,82,83)(H4,60,61,65)(H4,62,63,66)/t35-,36-,37-,38-,39-,40-,41-,46-/m0/s1. The van der Waals surface area contributed by atoms with Crippen LogP contribution >= 0.6 is 0 Å². The number of likely N-dealkylation sites (N-methyl/N-ethyl adjacent to an activating group) is 1. The zero-order valence-corrected chi connectivity index (χ0v) is 51.8. The summed E-state index contributed by atoms with van der Waals surface area (Å²) in [5, 5.41) is 84.4. The number of carboxylic acids is 1. The highest BCUT2D eigenvalue weighted by Crippen LogP contribution is 2.24. The number of guanidine groups is 2. The van der Waals surface area contributed by atoms with E-state index in [1.807, 2.05) is 0 Å². The van der Waals surface area contributed by atoms with Crippen molar-refractivity contribution in [2.75, 3.05) is 33.3 Å². The molecule has 0 aromatic heterocycles. The Labute approximate surface area is 530 Å². The first kappa shape index (κ1) is 76.3. The normalized spacial score (nSPS) is 15.2. The molecule has 1 saturated carbocycles. The van der Waals surface area contributed by atoms with Gasteiger partial charge in [0.25, 0.3) is 5.91 Å². The van der Waals surface area contributed by atoms with Crippen LogP contribution in [0.15, 0.2) is 48.5 Å². The molecular weight excluding hydrogens is 1210 g/mol. The lowest BCUT2D eigenvalue weighted by molar-refractivity contribution is -0.152. The molecule has 0 radical (unpaired) electrons. The van der Waals surface area contributed by atoms with Gasteiger partial charge in [0, 0.05) is 38.8 Å². The van der Waals surface area contributed by atoms with Crippen molar-refractivity contribution in [2.24, 2.45) is 29.0 Å². The average molecular weight is 1290 g/mol. The van der Waals surface area contributed by atoms with Gasteiger partial charge < -0.3 is 101 Å². The van der Waals surface area contributed by atoms with Crippen molar-refractivity contribution in [2.45, 2.75) is 152 Å². The van der Waals surface area contributed by atoms with E-state index < -0.39 is 174 Å². The molecular formula is C58H87N17O17. The second-order valence-electron chi connectivity index (χ2n) is 22.7. The Bertz CT molecular complexity index is 2970. The number of carbonyl (C=O) groups excluding carboxylic acids is 12. The van der Waals surface area contributed by atoms with E-state index in [0.29, 0.717) is 5.56 Å². The molecule has 0 bridgehead atoms. The van der Waals surface area contributed by atoms with Gasteiger partial charge in [-0.1, -0.05) is 52.0 Å². The van der Waals surface area contributed by atoms with E-state index in [1.165, 1.54) is 55.6 Å². The Morgan fingerprint density at radius 2 is 0.957 bits per heavy atom. The van der Waals surface area contributed by atoms with Crippen molar-refractivity contribution in [3.8, 4) is 11.5 Å². The lowest BCUT2D eigenvalue weighted by atomic mass is 9.78. The summed E-state index contributed by atoms with van der Waals surface area (Å²) in [5.41, 5.74) is 14.0. The summed E-state index contributed by atoms with van der Waals surface area (Å²) in [6, 6.07) is -2.41. The molecule has 3 rings (SSSR count). The number of benzene rings is 2. The number of aromatic hydroxyl groups is 2. The van der Waals surface area contributed by atoms with Crippen molar-refractivity contribution >= 4 is 88.5 Å². The second kappa shape index (κ2) is 37.2. The molecule has 0 heterocycles. The number of nitrogens with two attached hydrogens (primary N) is 3. The molecule has 1 fully saturated rings. The number of Topliss-reactive ketones (excluding diaryl/α,β-unsaturated/α-hetero) is 2. The van der Waals surface area contributed by atoms with Gasteiger partial charge in [-0.25, -0.2) is 0 Å². The van der Waals surface area contributed by atoms with E-state index in [4.69, 9.17) is 28.0 Å². The molecule has 34 nitrogen and oxygen atoms in total. The number of primary amides is 1. The number of aliphatic hydroxyl groups excluding tert-OH is 1. The van der Waals surface area contributed by atoms with Gasteiger partial charge in [-0.2, -0.15) is 0 Å². The predicted octanol–water partition coefficient (Wildman–Crippen LogP) is -5.66. The molecule has 1 aliphatic carbocycles. The Balaban J connectivity index is 2.04. The SMILES string of the molecule is CNCC(=O)NC1(C(=O)N[C@@H](Cc2ccc(O)cc2)C(=O)N[C@@H](CC(=O)O)C(=O)N[C@@H](CC(C)C)C(=O)N[C@@H](Cc2ccc(O)cc2)C(=O)N[C@@H](CCCNC(=N)N)C(=O)N[C@H](C(=O)N[C@@H](CCCNC(=N)N)C(=O)N[C@@H](CO)C(N)=O)C(C)C)C(=O)CCCC1=O. The molecule has 506 valence electrons. The van der Waals surface area contributed by atoms with Gasteiger partial charge in [-0.3, -0.25) is 73.1 Å². The number of nitrogens with one attached hydrogen (secondary N) is 14. The third-order valence-corrected chi connectivity index (χ3v) is 14.3. The van der Waals surface area contributed by atoms with Crippen molar-refractivity contribution in [1.29, 1.82) is 10.8 Å². The monoisotopic (exact) mass is 1290 g/mol. The summed E-state index contributed by atoms with van der Waals surface area (Å²) >= 11 is 0. The maximum Gasteiger partial charge on any atom is 0.305 e. The molecule has 2 aromatic rings. The maximum absolute atomic E-state index is 14.7. The third kappa shape index (κ3) is 24.8. The average Bonchev–Trinajstić information content (AvgIpc) is 0.769. The number of carbonyl (C=O) groups is 13. The highest BCUT2D eigenvalue weighted by atomic mass is 16.4. The number of phenolic OH excluding ortho intramolecular Hbond substituents is 2. The topological polar surface area (TPSA) is 573 Å². The van der Waals surface area contributed by atoms with Gasteiger partial charge >= 0.3 is 5.97 Å². The van der Waals surface area contributed by atoms with Gasteiger partial charge in [-0.05, 0) is 92.8 Å². The van der Waals surface area contributed by atoms with Gasteiger partial charge in [0.05, 0.1) is 19.6 Å². The Morgan fingerprint density at radius 1 is 0.554 bits per heavy atom. The second-order valence-corrected chi connectivity index (χ2v) is 22.7. The number of aliphatic hydroxyl groups is 1. The van der Waals surface area contributed by atoms with E-state index in [1.54, 1.807) is 27.7 Å². The Morgan fingerprint density at radius 3 is 1.39 bits per heavy atom. The van der Waals surface area contributed by atoms with Crippen molar-refractivity contribution in [1.82, 2.24) is 63.8 Å². The summed E-state index contributed by atoms with van der Waals surface area (Å²) < 4.78 is 0. The van der Waals surface area contributed by atoms with Crippen molar-refractivity contribution in [3.63, 3.8) is 0 Å². The molecule has 2 aromatic carbocycles. The fraction of sp³-hybridized carbons (Fsp3) is 0.534. The van der Waals surface area contributed by atoms with Crippen LogP contribution in [0.4, 0.5) is 0 Å². The van der Waals surface area contributed by atoms with Crippen LogP contribution in [0.3, 0.4) is 0 Å². The van der Waals surface area contributed by atoms with Crippen LogP contribution in [-0.4, -0.2) is 196 Å². The van der Waals surface area contributed by atoms with E-state index in [0.717, 1.165) is 0 Å². The first-order chi connectivity index (χ1) is 43.3. The van der Waals surface area contributed by atoms with Crippen LogP contribution in [0.2, 0.25) is 0 Å². The van der Waals surface area contributed by atoms with E-state index in [9.17, 15) is 82.8 Å². The number of carboxylic acid groups (broad SMARTS) is 1. The summed E-state index contributed by atoms with van der Waals surface area (Å²) in [6.07, 6.45) is -2.86. The van der Waals surface area contributed by atoms with Crippen LogP contribution in [0, 0.1) is 22.7 Å². The quantitative estimate of drug-likeness (QED) is 0.0129. The zero-order chi connectivity index (χ0) is 69.0. The predicted molar refractivity (Wildman–Crippen MR) is 329 cm³/mol. The lowest BCUT2D eigenvalue weighted by Gasteiger charge is -2.35. The molecule has 0 saturated heterocycles. The molecule has 34 heteroatoms. The highest BCUT2D eigenvalue weighted by Gasteiger charge is 2.55. The van der Waals surface area contributed by atoms with Crippen LogP contribution in [0.5, 0.6) is 11.5 Å². The Kier molecular flexibility index (Phi) is 30.9. The number of hydrogen-bond donors (Lipinski definition) is 21. The molecule has 0 aliphatic heterocycles. The highest BCUT2D eigenvalue weighted by molar-refractivity contribution is 6.31. The minimum Gasteiger partial charge on any atom is -0.508 e. The Hall–Kier alpha value is -9.99. The molecule has 0 spiro atoms. The minimum absolute atomic E-state index is 0.000634. The summed E-state index contributed by atoms with van der Waals surface area (Å²) in [7, 11) is 1.39. The molecule has 92 heavy (non-hydrogen) atoms. The summed E-state index contributed by atoms with van der Waals surface area (Å²) in [6.45, 7) is 5.18. The minimum atomic E-state index is -2.78. The fourth-order valence-electron chi connectivity index (χ4n) is 9.53. The number of rotatable bonds is 38. The number of phenols is 2. The molecule has 24 N–H and O–H groups in total. The molecule has 0 unspecified atom stereocenters. The van der Waals surface area contributed by atoms with Crippen molar-refractivity contribution < 1.29 is 82.8 Å². The third-order valence-electron chi connectivity index (χ3n) is 14.3. The van der Waals surface area contributed by atoms with Gasteiger partial charge in [0.1, 0.15) is 59.8 Å². The molecule has 10 amide bonds. The van der Waals surface area contributed by atoms with E-state index in [-0.39, 0.29) is 93.9 Å². The van der Waals surface area contributed by atoms with Gasteiger partial charge in [-0.15, -0.1) is 0 Å². The van der Waals surface area contributed by atoms with Crippen LogP contribution in [0.1, 0.15) is 96.6 Å². The van der Waals surface area contributed by atoms with Crippen LogP contribution < -0.4 is 81.0 Å². The van der Waals surface area contributed by atoms with E-state index in [2.05, 4.69) is 63.8 Å².